The predicted octanol–water partition coefficient (Wildman–Crippen LogP) is 2.62. The number of aryl methyl sites for hydroxylation is 1. The van der Waals surface area contributed by atoms with E-state index in [0.29, 0.717) is 5.92 Å². The Labute approximate surface area is 140 Å². The van der Waals surface area contributed by atoms with E-state index in [9.17, 15) is 9.59 Å². The minimum absolute atomic E-state index is 0.0566. The molecule has 6 nitrogen and oxygen atoms in total. The molecular weight excluding hydrogens is 310 g/mol. The van der Waals surface area contributed by atoms with Crippen molar-refractivity contribution in [3.8, 4) is 0 Å². The summed E-state index contributed by atoms with van der Waals surface area (Å²) in [6, 6.07) is 2.96. The fourth-order valence-corrected chi connectivity index (χ4v) is 2.76. The number of carboxylic acids is 1. The molecule has 0 saturated carbocycles. The molecule has 2 rings (SSSR count). The average molecular weight is 333 g/mol. The van der Waals surface area contributed by atoms with Gasteiger partial charge in [0.1, 0.15) is 5.58 Å². The molecule has 1 aromatic carbocycles. The van der Waals surface area contributed by atoms with Crippen LogP contribution in [0.15, 0.2) is 22.8 Å². The van der Waals surface area contributed by atoms with Crippen LogP contribution in [0.1, 0.15) is 36.5 Å². The molecule has 2 N–H and O–H groups in total. The highest BCUT2D eigenvalue weighted by atomic mass is 16.5. The minimum atomic E-state index is -1.13. The maximum atomic E-state index is 12.2. The van der Waals surface area contributed by atoms with Crippen LogP contribution in [-0.4, -0.2) is 36.7 Å². The van der Waals surface area contributed by atoms with Crippen LogP contribution >= 0.6 is 0 Å². The number of furan rings is 1. The largest absolute Gasteiger partial charge is 0.480 e. The van der Waals surface area contributed by atoms with Gasteiger partial charge in [0.25, 0.3) is 0 Å². The number of carbonyl (C=O) groups is 2. The first-order valence-electron chi connectivity index (χ1n) is 7.85. The van der Waals surface area contributed by atoms with Crippen molar-refractivity contribution in [2.24, 2.45) is 0 Å². The summed E-state index contributed by atoms with van der Waals surface area (Å²) in [6.45, 7) is 6.18. The molecular formula is C18H23NO5. The fraction of sp³-hybridized carbons (Fsp3) is 0.444. The van der Waals surface area contributed by atoms with Crippen molar-refractivity contribution in [3.05, 3.63) is 35.1 Å². The quantitative estimate of drug-likeness (QED) is 0.813. The number of ether oxygens (including phenoxy) is 1. The molecule has 0 bridgehead atoms. The number of methoxy groups -OCH3 is 1. The zero-order chi connectivity index (χ0) is 17.9. The van der Waals surface area contributed by atoms with Crippen LogP contribution in [-0.2, 0) is 20.7 Å². The molecule has 0 radical (unpaired) electrons. The van der Waals surface area contributed by atoms with Gasteiger partial charge in [-0.05, 0) is 36.1 Å². The van der Waals surface area contributed by atoms with Gasteiger partial charge in [0.05, 0.1) is 19.3 Å². The summed E-state index contributed by atoms with van der Waals surface area (Å²) in [7, 11) is 1.39. The number of hydrogen-bond acceptors (Lipinski definition) is 4. The molecule has 6 heteroatoms. The standard InChI is InChI=1S/C18H23NO5/c1-10(2)13-7-14-12(8-24-16(14)5-11(13)3)6-17(20)19-15(9-23-4)18(21)22/h5,7-8,10,15H,6,9H2,1-4H3,(H,19,20)(H,21,22). The highest BCUT2D eigenvalue weighted by Gasteiger charge is 2.21. The maximum Gasteiger partial charge on any atom is 0.328 e. The molecule has 1 atom stereocenters. The molecule has 0 saturated heterocycles. The van der Waals surface area contributed by atoms with Gasteiger partial charge >= 0.3 is 5.97 Å². The van der Waals surface area contributed by atoms with E-state index in [1.54, 1.807) is 6.26 Å². The number of carbonyl (C=O) groups excluding carboxylic acids is 1. The Kier molecular flexibility index (Phi) is 5.62. The van der Waals surface area contributed by atoms with Gasteiger partial charge in [0.2, 0.25) is 5.91 Å². The van der Waals surface area contributed by atoms with Gasteiger partial charge in [-0.1, -0.05) is 13.8 Å². The molecule has 0 aliphatic heterocycles. The highest BCUT2D eigenvalue weighted by molar-refractivity contribution is 5.90. The number of rotatable bonds is 7. The lowest BCUT2D eigenvalue weighted by Crippen LogP contribution is -2.44. The summed E-state index contributed by atoms with van der Waals surface area (Å²) >= 11 is 0. The molecule has 24 heavy (non-hydrogen) atoms. The SMILES string of the molecule is COCC(NC(=O)Cc1coc2cc(C)c(C(C)C)cc12)C(=O)O. The lowest BCUT2D eigenvalue weighted by Gasteiger charge is -2.13. The molecule has 0 spiro atoms. The Morgan fingerprint density at radius 1 is 1.33 bits per heavy atom. The van der Waals surface area contributed by atoms with Crippen molar-refractivity contribution < 1.29 is 23.8 Å². The lowest BCUT2D eigenvalue weighted by molar-refractivity contribution is -0.143. The van der Waals surface area contributed by atoms with E-state index in [2.05, 4.69) is 19.2 Å². The monoisotopic (exact) mass is 333 g/mol. The zero-order valence-corrected chi connectivity index (χ0v) is 14.4. The van der Waals surface area contributed by atoms with E-state index >= 15 is 0 Å². The second-order valence-electron chi connectivity index (χ2n) is 6.21. The van der Waals surface area contributed by atoms with Crippen LogP contribution in [0.4, 0.5) is 0 Å². The third-order valence-corrected chi connectivity index (χ3v) is 3.98. The van der Waals surface area contributed by atoms with E-state index in [0.717, 1.165) is 22.1 Å². The van der Waals surface area contributed by atoms with Crippen LogP contribution in [0, 0.1) is 6.92 Å². The van der Waals surface area contributed by atoms with Gasteiger partial charge < -0.3 is 19.6 Å². The Morgan fingerprint density at radius 2 is 2.04 bits per heavy atom. The lowest BCUT2D eigenvalue weighted by atomic mass is 9.95. The van der Waals surface area contributed by atoms with E-state index in [1.165, 1.54) is 12.7 Å². The third-order valence-electron chi connectivity index (χ3n) is 3.98. The van der Waals surface area contributed by atoms with Crippen molar-refractivity contribution >= 4 is 22.8 Å². The Bertz CT molecular complexity index is 747. The number of hydrogen-bond donors (Lipinski definition) is 2. The van der Waals surface area contributed by atoms with Crippen LogP contribution in [0.25, 0.3) is 11.0 Å². The molecule has 1 amide bonds. The van der Waals surface area contributed by atoms with Crippen molar-refractivity contribution in [2.75, 3.05) is 13.7 Å². The van der Waals surface area contributed by atoms with E-state index in [4.69, 9.17) is 14.3 Å². The van der Waals surface area contributed by atoms with E-state index < -0.39 is 12.0 Å². The van der Waals surface area contributed by atoms with E-state index in [1.807, 2.05) is 19.1 Å². The molecule has 2 aromatic rings. The van der Waals surface area contributed by atoms with Gasteiger partial charge in [-0.25, -0.2) is 4.79 Å². The molecule has 1 unspecified atom stereocenters. The summed E-state index contributed by atoms with van der Waals surface area (Å²) in [4.78, 5) is 23.2. The summed E-state index contributed by atoms with van der Waals surface area (Å²) in [5, 5.41) is 12.4. The van der Waals surface area contributed by atoms with Crippen LogP contribution in [0.3, 0.4) is 0 Å². The Balaban J connectivity index is 2.22. The Hall–Kier alpha value is -2.34. The normalized spacial score (nSPS) is 12.5. The zero-order valence-electron chi connectivity index (χ0n) is 14.4. The second kappa shape index (κ2) is 7.49. The fourth-order valence-electron chi connectivity index (χ4n) is 2.76. The van der Waals surface area contributed by atoms with Gasteiger partial charge in [0.15, 0.2) is 6.04 Å². The van der Waals surface area contributed by atoms with Gasteiger partial charge in [-0.3, -0.25) is 4.79 Å². The third kappa shape index (κ3) is 3.94. The molecule has 1 aromatic heterocycles. The maximum absolute atomic E-state index is 12.2. The number of nitrogens with one attached hydrogen (secondary N) is 1. The number of benzene rings is 1. The highest BCUT2D eigenvalue weighted by Crippen LogP contribution is 2.29. The first-order valence-corrected chi connectivity index (χ1v) is 7.85. The second-order valence-corrected chi connectivity index (χ2v) is 6.21. The Morgan fingerprint density at radius 3 is 2.62 bits per heavy atom. The van der Waals surface area contributed by atoms with Crippen LogP contribution < -0.4 is 5.32 Å². The molecule has 130 valence electrons. The first-order chi connectivity index (χ1) is 11.3. The summed E-state index contributed by atoms with van der Waals surface area (Å²) in [6.07, 6.45) is 1.61. The minimum Gasteiger partial charge on any atom is -0.480 e. The first kappa shape index (κ1) is 18.0. The number of aliphatic carboxylic acids is 1. The molecule has 0 aliphatic carbocycles. The number of fused-ring (bicyclic) bond motifs is 1. The van der Waals surface area contributed by atoms with Crippen molar-refractivity contribution in [1.82, 2.24) is 5.32 Å². The topological polar surface area (TPSA) is 88.8 Å². The summed E-state index contributed by atoms with van der Waals surface area (Å²) in [5.74, 6) is -1.14. The van der Waals surface area contributed by atoms with E-state index in [-0.39, 0.29) is 18.9 Å². The van der Waals surface area contributed by atoms with Gasteiger partial charge in [0, 0.05) is 18.1 Å². The smallest absolute Gasteiger partial charge is 0.328 e. The average Bonchev–Trinajstić information content (AvgIpc) is 2.87. The van der Waals surface area contributed by atoms with Gasteiger partial charge in [-0.15, -0.1) is 0 Å². The van der Waals surface area contributed by atoms with Crippen LogP contribution in [0.5, 0.6) is 0 Å². The summed E-state index contributed by atoms with van der Waals surface area (Å²) in [5.41, 5.74) is 3.82. The van der Waals surface area contributed by atoms with Crippen LogP contribution in [0.2, 0.25) is 0 Å². The summed E-state index contributed by atoms with van der Waals surface area (Å²) < 4.78 is 10.4. The molecule has 0 aliphatic rings. The molecule has 1 heterocycles. The number of carboxylic acid groups (broad SMARTS) is 1. The van der Waals surface area contributed by atoms with Crippen molar-refractivity contribution in [2.45, 2.75) is 39.2 Å². The number of amides is 1. The predicted molar refractivity (Wildman–Crippen MR) is 90.2 cm³/mol. The van der Waals surface area contributed by atoms with Crippen molar-refractivity contribution in [3.63, 3.8) is 0 Å². The molecule has 0 fully saturated rings. The van der Waals surface area contributed by atoms with Crippen molar-refractivity contribution in [1.29, 1.82) is 0 Å². The van der Waals surface area contributed by atoms with Gasteiger partial charge in [-0.2, -0.15) is 0 Å².